The quantitative estimate of drug-likeness (QED) is 0.897. The van der Waals surface area contributed by atoms with Crippen molar-refractivity contribution in [2.24, 2.45) is 0 Å². The third-order valence-corrected chi connectivity index (χ3v) is 3.57. The zero-order valence-electron chi connectivity index (χ0n) is 10.1. The second-order valence-corrected chi connectivity index (χ2v) is 5.38. The highest BCUT2D eigenvalue weighted by molar-refractivity contribution is 9.10. The molecule has 0 saturated carbocycles. The van der Waals surface area contributed by atoms with Crippen LogP contribution in [0.25, 0.3) is 0 Å². The Labute approximate surface area is 121 Å². The van der Waals surface area contributed by atoms with Crippen LogP contribution < -0.4 is 5.32 Å². The van der Waals surface area contributed by atoms with Crippen molar-refractivity contribution in [3.05, 3.63) is 57.2 Å². The van der Waals surface area contributed by atoms with Gasteiger partial charge < -0.3 is 5.32 Å². The number of benzene rings is 1. The summed E-state index contributed by atoms with van der Waals surface area (Å²) in [5.74, 6) is 0.827. The van der Waals surface area contributed by atoms with Gasteiger partial charge in [0.05, 0.1) is 9.50 Å². The van der Waals surface area contributed by atoms with E-state index in [1.165, 1.54) is 11.1 Å². The van der Waals surface area contributed by atoms with Crippen molar-refractivity contribution in [2.45, 2.75) is 13.3 Å². The highest BCUT2D eigenvalue weighted by atomic mass is 79.9. The fourth-order valence-electron chi connectivity index (χ4n) is 1.75. The number of nitrogens with one attached hydrogen (secondary N) is 1. The van der Waals surface area contributed by atoms with Crippen molar-refractivity contribution in [1.82, 2.24) is 4.98 Å². The summed E-state index contributed by atoms with van der Waals surface area (Å²) in [5.41, 5.74) is 2.68. The Hall–Kier alpha value is -1.06. The van der Waals surface area contributed by atoms with E-state index in [1.54, 1.807) is 6.20 Å². The second kappa shape index (κ2) is 6.21. The van der Waals surface area contributed by atoms with Gasteiger partial charge in [0, 0.05) is 12.7 Å². The minimum absolute atomic E-state index is 0.631. The standard InChI is InChI=1S/C14H14BrClN2/c1-10-4-2-3-5-11(10)6-7-17-14-13(15)8-12(16)9-18-14/h2-5,8-9H,6-7H2,1H3,(H,17,18). The molecule has 18 heavy (non-hydrogen) atoms. The number of nitrogens with zero attached hydrogens (tertiary/aromatic N) is 1. The summed E-state index contributed by atoms with van der Waals surface area (Å²) in [5, 5.41) is 3.93. The number of aromatic nitrogens is 1. The summed E-state index contributed by atoms with van der Waals surface area (Å²) in [6.07, 6.45) is 2.62. The number of hydrogen-bond acceptors (Lipinski definition) is 2. The van der Waals surface area contributed by atoms with Crippen molar-refractivity contribution in [3.8, 4) is 0 Å². The third-order valence-electron chi connectivity index (χ3n) is 2.76. The SMILES string of the molecule is Cc1ccccc1CCNc1ncc(Cl)cc1Br. The molecule has 1 aromatic heterocycles. The molecule has 0 unspecified atom stereocenters. The van der Waals surface area contributed by atoms with Gasteiger partial charge in [-0.15, -0.1) is 0 Å². The molecule has 1 N–H and O–H groups in total. The molecule has 0 aliphatic rings. The molecule has 0 spiro atoms. The Morgan fingerprint density at radius 2 is 2.11 bits per heavy atom. The predicted octanol–water partition coefficient (Wildman–Crippen LogP) is 4.46. The lowest BCUT2D eigenvalue weighted by Crippen LogP contribution is -2.07. The van der Waals surface area contributed by atoms with Crippen LogP contribution >= 0.6 is 27.5 Å². The molecule has 0 amide bonds. The summed E-state index contributed by atoms with van der Waals surface area (Å²) in [6.45, 7) is 2.98. The van der Waals surface area contributed by atoms with Crippen LogP contribution in [0, 0.1) is 6.92 Å². The summed E-state index contributed by atoms with van der Waals surface area (Å²) in [7, 11) is 0. The van der Waals surface area contributed by atoms with E-state index in [9.17, 15) is 0 Å². The molecule has 0 aliphatic heterocycles. The number of hydrogen-bond donors (Lipinski definition) is 1. The van der Waals surface area contributed by atoms with Gasteiger partial charge in [-0.2, -0.15) is 0 Å². The molecule has 4 heteroatoms. The van der Waals surface area contributed by atoms with Crippen LogP contribution in [0.1, 0.15) is 11.1 Å². The Morgan fingerprint density at radius 3 is 2.83 bits per heavy atom. The van der Waals surface area contributed by atoms with Crippen LogP contribution in [0.15, 0.2) is 41.0 Å². The number of halogens is 2. The zero-order chi connectivity index (χ0) is 13.0. The van der Waals surface area contributed by atoms with Crippen LogP contribution in [0.5, 0.6) is 0 Å². The van der Waals surface area contributed by atoms with E-state index in [4.69, 9.17) is 11.6 Å². The van der Waals surface area contributed by atoms with Crippen molar-refractivity contribution in [3.63, 3.8) is 0 Å². The Balaban J connectivity index is 1.95. The highest BCUT2D eigenvalue weighted by Gasteiger charge is 2.02. The van der Waals surface area contributed by atoms with Gasteiger partial charge in [0.25, 0.3) is 0 Å². The number of anilines is 1. The maximum absolute atomic E-state index is 5.85. The van der Waals surface area contributed by atoms with E-state index < -0.39 is 0 Å². The lowest BCUT2D eigenvalue weighted by atomic mass is 10.1. The molecule has 2 rings (SSSR count). The maximum Gasteiger partial charge on any atom is 0.140 e. The summed E-state index contributed by atoms with van der Waals surface area (Å²) in [4.78, 5) is 4.24. The van der Waals surface area contributed by atoms with Gasteiger partial charge >= 0.3 is 0 Å². The Morgan fingerprint density at radius 1 is 1.33 bits per heavy atom. The predicted molar refractivity (Wildman–Crippen MR) is 80.3 cm³/mol. The molecule has 0 atom stereocenters. The smallest absolute Gasteiger partial charge is 0.140 e. The number of pyridine rings is 1. The molecule has 0 aliphatic carbocycles. The van der Waals surface area contributed by atoms with Crippen LogP contribution in [-0.4, -0.2) is 11.5 Å². The van der Waals surface area contributed by atoms with Crippen LogP contribution in [0.2, 0.25) is 5.02 Å². The first kappa shape index (κ1) is 13.4. The van der Waals surface area contributed by atoms with E-state index in [1.807, 2.05) is 6.07 Å². The van der Waals surface area contributed by atoms with E-state index >= 15 is 0 Å². The average molecular weight is 326 g/mol. The fourth-order valence-corrected chi connectivity index (χ4v) is 2.53. The van der Waals surface area contributed by atoms with E-state index in [0.717, 1.165) is 23.3 Å². The molecule has 0 bridgehead atoms. The van der Waals surface area contributed by atoms with Crippen molar-refractivity contribution < 1.29 is 0 Å². The molecule has 94 valence electrons. The van der Waals surface area contributed by atoms with Crippen LogP contribution in [0.3, 0.4) is 0 Å². The first-order chi connectivity index (χ1) is 8.66. The van der Waals surface area contributed by atoms with E-state index in [0.29, 0.717) is 5.02 Å². The largest absolute Gasteiger partial charge is 0.369 e. The second-order valence-electron chi connectivity index (χ2n) is 4.09. The number of rotatable bonds is 4. The molecular formula is C14H14BrClN2. The van der Waals surface area contributed by atoms with Gasteiger partial charge in [0.15, 0.2) is 0 Å². The molecule has 1 heterocycles. The molecule has 1 aromatic carbocycles. The van der Waals surface area contributed by atoms with Gasteiger partial charge in [-0.3, -0.25) is 0 Å². The highest BCUT2D eigenvalue weighted by Crippen LogP contribution is 2.23. The first-order valence-corrected chi connectivity index (χ1v) is 6.93. The molecule has 0 fully saturated rings. The summed E-state index contributed by atoms with van der Waals surface area (Å²) >= 11 is 9.29. The minimum atomic E-state index is 0.631. The molecule has 2 nitrogen and oxygen atoms in total. The van der Waals surface area contributed by atoms with Gasteiger partial charge in [0.1, 0.15) is 5.82 Å². The van der Waals surface area contributed by atoms with Crippen LogP contribution in [-0.2, 0) is 6.42 Å². The lowest BCUT2D eigenvalue weighted by Gasteiger charge is -2.09. The normalized spacial score (nSPS) is 10.4. The topological polar surface area (TPSA) is 24.9 Å². The minimum Gasteiger partial charge on any atom is -0.369 e. The lowest BCUT2D eigenvalue weighted by molar-refractivity contribution is 0.992. The fraction of sp³-hybridized carbons (Fsp3) is 0.214. The zero-order valence-corrected chi connectivity index (χ0v) is 12.4. The third kappa shape index (κ3) is 3.47. The van der Waals surface area contributed by atoms with Crippen molar-refractivity contribution in [1.29, 1.82) is 0 Å². The van der Waals surface area contributed by atoms with Crippen molar-refractivity contribution >= 4 is 33.3 Å². The van der Waals surface area contributed by atoms with E-state index in [2.05, 4.69) is 57.4 Å². The summed E-state index contributed by atoms with van der Waals surface area (Å²) in [6, 6.07) is 10.3. The van der Waals surface area contributed by atoms with E-state index in [-0.39, 0.29) is 0 Å². The van der Waals surface area contributed by atoms with Gasteiger partial charge in [-0.25, -0.2) is 4.98 Å². The first-order valence-electron chi connectivity index (χ1n) is 5.76. The number of aryl methyl sites for hydroxylation is 1. The molecule has 2 aromatic rings. The Kier molecular flexibility index (Phi) is 4.61. The summed E-state index contributed by atoms with van der Waals surface area (Å²) < 4.78 is 0.889. The molecule has 0 radical (unpaired) electrons. The van der Waals surface area contributed by atoms with Gasteiger partial charge in [-0.05, 0) is 46.5 Å². The van der Waals surface area contributed by atoms with Gasteiger partial charge in [-0.1, -0.05) is 35.9 Å². The molecular weight excluding hydrogens is 312 g/mol. The van der Waals surface area contributed by atoms with Crippen molar-refractivity contribution in [2.75, 3.05) is 11.9 Å². The van der Waals surface area contributed by atoms with Gasteiger partial charge in [0.2, 0.25) is 0 Å². The average Bonchev–Trinajstić information content (AvgIpc) is 2.34. The monoisotopic (exact) mass is 324 g/mol. The van der Waals surface area contributed by atoms with Crippen LogP contribution in [0.4, 0.5) is 5.82 Å². The molecule has 0 saturated heterocycles. The Bertz CT molecular complexity index is 543. The maximum atomic E-state index is 5.85.